The number of nitrogens with one attached hydrogen (secondary N) is 1. The number of likely N-dealkylation sites (tertiary alicyclic amines) is 1. The summed E-state index contributed by atoms with van der Waals surface area (Å²) < 4.78 is 8.87. The second kappa shape index (κ2) is 8.54. The van der Waals surface area contributed by atoms with Crippen LogP contribution in [0.3, 0.4) is 0 Å². The van der Waals surface area contributed by atoms with Gasteiger partial charge < -0.3 is 14.7 Å². The van der Waals surface area contributed by atoms with Crippen molar-refractivity contribution >= 4 is 28.9 Å². The molecule has 1 aromatic carbocycles. The van der Waals surface area contributed by atoms with Crippen LogP contribution < -0.4 is 11.0 Å². The predicted molar refractivity (Wildman–Crippen MR) is 111 cm³/mol. The number of aryl methyl sites for hydroxylation is 2. The summed E-state index contributed by atoms with van der Waals surface area (Å²) in [6.07, 6.45) is 1.61. The molecule has 4 rings (SSSR count). The van der Waals surface area contributed by atoms with E-state index >= 15 is 0 Å². The Hall–Kier alpha value is -3.14. The second-order valence-electron chi connectivity index (χ2n) is 8.08. The van der Waals surface area contributed by atoms with Crippen LogP contribution >= 0.6 is 0 Å². The first kappa shape index (κ1) is 21.1. The highest BCUT2D eigenvalue weighted by molar-refractivity contribution is 6.00. The molecule has 0 spiro atoms. The van der Waals surface area contributed by atoms with Gasteiger partial charge in [-0.3, -0.25) is 24.0 Å². The zero-order valence-electron chi connectivity index (χ0n) is 17.4. The fourth-order valence-corrected chi connectivity index (χ4v) is 4.50. The molecule has 0 saturated carbocycles. The number of benzene rings is 1. The van der Waals surface area contributed by atoms with Crippen LogP contribution in [-0.4, -0.2) is 62.8 Å². The Balaban J connectivity index is 1.47. The van der Waals surface area contributed by atoms with E-state index in [4.69, 9.17) is 9.84 Å². The van der Waals surface area contributed by atoms with Gasteiger partial charge in [0.25, 0.3) is 0 Å². The van der Waals surface area contributed by atoms with Crippen molar-refractivity contribution in [1.82, 2.24) is 19.4 Å². The number of carboxylic acid groups (broad SMARTS) is 1. The monoisotopic (exact) mass is 430 g/mol. The fraction of sp³-hybridized carbons (Fsp3) is 0.524. The lowest BCUT2D eigenvalue weighted by molar-refractivity contribution is -0.135. The van der Waals surface area contributed by atoms with Gasteiger partial charge in [-0.2, -0.15) is 0 Å². The van der Waals surface area contributed by atoms with Gasteiger partial charge in [0.1, 0.15) is 6.04 Å². The molecular formula is C21H26N4O6. The van der Waals surface area contributed by atoms with Crippen LogP contribution in [0.4, 0.5) is 4.79 Å². The minimum absolute atomic E-state index is 0.0788. The summed E-state index contributed by atoms with van der Waals surface area (Å²) in [7, 11) is 1.69. The molecule has 166 valence electrons. The van der Waals surface area contributed by atoms with E-state index in [2.05, 4.69) is 5.32 Å². The largest absolute Gasteiger partial charge is 0.465 e. The number of piperidine rings is 1. The summed E-state index contributed by atoms with van der Waals surface area (Å²) in [6, 6.07) is 4.94. The number of ether oxygens (including phenoxy) is 1. The zero-order valence-corrected chi connectivity index (χ0v) is 17.4. The van der Waals surface area contributed by atoms with Crippen molar-refractivity contribution in [2.75, 3.05) is 19.7 Å². The van der Waals surface area contributed by atoms with Crippen molar-refractivity contribution in [3.05, 3.63) is 34.2 Å². The van der Waals surface area contributed by atoms with Crippen LogP contribution in [0, 0.1) is 0 Å². The number of amides is 3. The van der Waals surface area contributed by atoms with Gasteiger partial charge in [0.2, 0.25) is 11.8 Å². The van der Waals surface area contributed by atoms with Gasteiger partial charge >= 0.3 is 11.8 Å². The Morgan fingerprint density at radius 1 is 1.26 bits per heavy atom. The Morgan fingerprint density at radius 3 is 2.77 bits per heavy atom. The Kier molecular flexibility index (Phi) is 5.81. The minimum Gasteiger partial charge on any atom is -0.465 e. The first-order chi connectivity index (χ1) is 14.9. The molecule has 0 bridgehead atoms. The van der Waals surface area contributed by atoms with Gasteiger partial charge in [-0.05, 0) is 37.3 Å². The number of aromatic nitrogens is 2. The van der Waals surface area contributed by atoms with E-state index in [9.17, 15) is 19.2 Å². The van der Waals surface area contributed by atoms with Crippen molar-refractivity contribution in [2.24, 2.45) is 7.05 Å². The summed E-state index contributed by atoms with van der Waals surface area (Å²) in [5, 5.41) is 11.3. The molecule has 2 saturated heterocycles. The lowest BCUT2D eigenvalue weighted by Gasteiger charge is -2.22. The maximum atomic E-state index is 12.9. The SMILES string of the molecule is Cn1c(=O)n(C2CCC(=O)NC2=O)c2cccc(CCCO[C@H]3CCN(C(=O)O)C3)c21. The van der Waals surface area contributed by atoms with Gasteiger partial charge in [-0.25, -0.2) is 9.59 Å². The Labute approximate surface area is 178 Å². The van der Waals surface area contributed by atoms with Crippen molar-refractivity contribution in [1.29, 1.82) is 0 Å². The molecule has 0 aliphatic carbocycles. The van der Waals surface area contributed by atoms with Crippen molar-refractivity contribution in [3.63, 3.8) is 0 Å². The number of nitrogens with zero attached hydrogens (tertiary/aromatic N) is 3. The van der Waals surface area contributed by atoms with Crippen molar-refractivity contribution in [2.45, 2.75) is 44.2 Å². The average Bonchev–Trinajstić information content (AvgIpc) is 3.30. The lowest BCUT2D eigenvalue weighted by atomic mass is 10.0. The number of para-hydroxylation sites is 1. The number of hydrogen-bond acceptors (Lipinski definition) is 5. The van der Waals surface area contributed by atoms with Gasteiger partial charge in [-0.15, -0.1) is 0 Å². The summed E-state index contributed by atoms with van der Waals surface area (Å²) in [6.45, 7) is 1.39. The molecular weight excluding hydrogens is 404 g/mol. The van der Waals surface area contributed by atoms with Crippen LogP contribution in [0.2, 0.25) is 0 Å². The first-order valence-electron chi connectivity index (χ1n) is 10.5. The molecule has 1 aromatic heterocycles. The highest BCUT2D eigenvalue weighted by atomic mass is 16.5. The molecule has 2 aliphatic rings. The molecule has 3 heterocycles. The van der Waals surface area contributed by atoms with Crippen LogP contribution in [0.5, 0.6) is 0 Å². The molecule has 3 amide bonds. The van der Waals surface area contributed by atoms with Gasteiger partial charge in [-0.1, -0.05) is 12.1 Å². The van der Waals surface area contributed by atoms with E-state index in [1.54, 1.807) is 11.6 Å². The van der Waals surface area contributed by atoms with Crippen molar-refractivity contribution < 1.29 is 24.2 Å². The molecule has 1 unspecified atom stereocenters. The molecule has 2 aliphatic heterocycles. The standard InChI is InChI=1S/C21H26N4O6/c1-23-18-13(5-3-11-31-14-9-10-24(12-14)21(29)30)4-2-6-15(18)25(20(23)28)16-7-8-17(26)22-19(16)27/h2,4,6,14,16H,3,5,7-12H2,1H3,(H,29,30)(H,22,26,27)/t14-,16?/m0/s1. The summed E-state index contributed by atoms with van der Waals surface area (Å²) in [5.74, 6) is -0.763. The van der Waals surface area contributed by atoms with Crippen LogP contribution in [0.25, 0.3) is 11.0 Å². The lowest BCUT2D eigenvalue weighted by Crippen LogP contribution is -2.44. The van der Waals surface area contributed by atoms with E-state index in [1.807, 2.05) is 18.2 Å². The maximum Gasteiger partial charge on any atom is 0.407 e. The molecule has 2 atom stereocenters. The van der Waals surface area contributed by atoms with Gasteiger partial charge in [0, 0.05) is 26.6 Å². The highest BCUT2D eigenvalue weighted by Crippen LogP contribution is 2.25. The van der Waals surface area contributed by atoms with Crippen LogP contribution in [0.1, 0.15) is 37.3 Å². The van der Waals surface area contributed by atoms with Gasteiger partial charge in [0.05, 0.1) is 23.7 Å². The number of imidazole rings is 1. The quantitative estimate of drug-likeness (QED) is 0.521. The molecule has 2 N–H and O–H groups in total. The molecule has 10 nitrogen and oxygen atoms in total. The number of imide groups is 1. The Morgan fingerprint density at radius 2 is 2.06 bits per heavy atom. The third-order valence-corrected chi connectivity index (χ3v) is 6.07. The molecule has 31 heavy (non-hydrogen) atoms. The third kappa shape index (κ3) is 4.07. The van der Waals surface area contributed by atoms with Crippen LogP contribution in [-0.2, 0) is 27.8 Å². The second-order valence-corrected chi connectivity index (χ2v) is 8.08. The van der Waals surface area contributed by atoms with Gasteiger partial charge in [0.15, 0.2) is 0 Å². The smallest absolute Gasteiger partial charge is 0.407 e. The average molecular weight is 430 g/mol. The third-order valence-electron chi connectivity index (χ3n) is 6.07. The number of rotatable bonds is 6. The molecule has 2 fully saturated rings. The summed E-state index contributed by atoms with van der Waals surface area (Å²) >= 11 is 0. The van der Waals surface area contributed by atoms with E-state index in [-0.39, 0.29) is 24.1 Å². The normalized spacial score (nSPS) is 21.6. The van der Waals surface area contributed by atoms with E-state index in [0.29, 0.717) is 44.5 Å². The summed E-state index contributed by atoms with van der Waals surface area (Å²) in [5.41, 5.74) is 2.14. The minimum atomic E-state index is -0.917. The number of carbonyl (C=O) groups excluding carboxylic acids is 2. The number of carbonyl (C=O) groups is 3. The molecule has 10 heteroatoms. The predicted octanol–water partition coefficient (Wildman–Crippen LogP) is 1.02. The molecule has 0 radical (unpaired) electrons. The van der Waals surface area contributed by atoms with E-state index < -0.39 is 18.0 Å². The van der Waals surface area contributed by atoms with E-state index in [0.717, 1.165) is 17.5 Å². The Bertz CT molecular complexity index is 1090. The summed E-state index contributed by atoms with van der Waals surface area (Å²) in [4.78, 5) is 49.1. The van der Waals surface area contributed by atoms with Crippen molar-refractivity contribution in [3.8, 4) is 0 Å². The zero-order chi connectivity index (χ0) is 22.1. The first-order valence-corrected chi connectivity index (χ1v) is 10.5. The maximum absolute atomic E-state index is 12.9. The highest BCUT2D eigenvalue weighted by Gasteiger charge is 2.31. The topological polar surface area (TPSA) is 123 Å². The molecule has 2 aromatic rings. The fourth-order valence-electron chi connectivity index (χ4n) is 4.50. The van der Waals surface area contributed by atoms with Crippen LogP contribution in [0.15, 0.2) is 23.0 Å². The number of hydrogen-bond donors (Lipinski definition) is 2. The number of fused-ring (bicyclic) bond motifs is 1. The van der Waals surface area contributed by atoms with E-state index in [1.165, 1.54) is 9.47 Å².